The lowest BCUT2D eigenvalue weighted by Crippen LogP contribution is -2.46. The molecule has 2 aromatic carbocycles. The minimum Gasteiger partial charge on any atom is -0.480 e. The molecule has 29 heavy (non-hydrogen) atoms. The van der Waals surface area contributed by atoms with Crippen LogP contribution in [0.25, 0.3) is 11.1 Å². The monoisotopic (exact) mass is 395 g/mol. The van der Waals surface area contributed by atoms with Gasteiger partial charge in [0, 0.05) is 5.92 Å². The first-order valence-corrected chi connectivity index (χ1v) is 10.3. The Hall–Kier alpha value is -2.66. The molecule has 0 radical (unpaired) electrons. The summed E-state index contributed by atoms with van der Waals surface area (Å²) in [6.07, 6.45) is 2.64. The number of rotatable bonds is 9. The van der Waals surface area contributed by atoms with Crippen molar-refractivity contribution in [3.63, 3.8) is 0 Å². The lowest BCUT2D eigenvalue weighted by molar-refractivity contribution is -0.156. The number of hydrogen-bond donors (Lipinski definition) is 2. The van der Waals surface area contributed by atoms with E-state index in [1.165, 1.54) is 0 Å². The molecule has 0 fully saturated rings. The van der Waals surface area contributed by atoms with Gasteiger partial charge in [0.05, 0.1) is 5.92 Å². The topological polar surface area (TPSA) is 89.6 Å². The van der Waals surface area contributed by atoms with E-state index in [4.69, 9.17) is 10.5 Å². The molecule has 2 aromatic rings. The van der Waals surface area contributed by atoms with E-state index < -0.39 is 23.9 Å². The van der Waals surface area contributed by atoms with Crippen LogP contribution in [0.5, 0.6) is 0 Å². The van der Waals surface area contributed by atoms with Gasteiger partial charge in [0.1, 0.15) is 12.6 Å². The average Bonchev–Trinajstić information content (AvgIpc) is 3.04. The van der Waals surface area contributed by atoms with Crippen molar-refractivity contribution in [3.05, 3.63) is 59.7 Å². The first kappa shape index (κ1) is 21.1. The molecular formula is C24H29NO4. The number of unbranched alkanes of at least 4 members (excludes halogenated alkanes) is 1. The predicted octanol–water partition coefficient (Wildman–Crippen LogP) is 4.20. The Bertz CT molecular complexity index is 833. The van der Waals surface area contributed by atoms with Gasteiger partial charge in [0.2, 0.25) is 0 Å². The summed E-state index contributed by atoms with van der Waals surface area (Å²) in [5.41, 5.74) is 10.4. The maximum atomic E-state index is 12.9. The van der Waals surface area contributed by atoms with E-state index in [0.717, 1.165) is 41.5 Å². The first-order chi connectivity index (χ1) is 14.0. The molecule has 1 aliphatic carbocycles. The van der Waals surface area contributed by atoms with Gasteiger partial charge in [-0.3, -0.25) is 9.59 Å². The number of carboxylic acids is 1. The number of nitrogens with two attached hydrogens (primary N) is 1. The van der Waals surface area contributed by atoms with Crippen LogP contribution in [0.2, 0.25) is 0 Å². The summed E-state index contributed by atoms with van der Waals surface area (Å²) in [6.45, 7) is 4.12. The second-order valence-corrected chi connectivity index (χ2v) is 7.87. The van der Waals surface area contributed by atoms with Crippen LogP contribution in [0, 0.1) is 11.8 Å². The van der Waals surface area contributed by atoms with E-state index in [0.29, 0.717) is 0 Å². The van der Waals surface area contributed by atoms with Crippen molar-refractivity contribution in [2.45, 2.75) is 45.1 Å². The van der Waals surface area contributed by atoms with Gasteiger partial charge >= 0.3 is 11.9 Å². The van der Waals surface area contributed by atoms with Crippen LogP contribution in [0.15, 0.2) is 48.5 Å². The Morgan fingerprint density at radius 3 is 2.14 bits per heavy atom. The quantitative estimate of drug-likeness (QED) is 0.621. The van der Waals surface area contributed by atoms with Crippen LogP contribution in [0.4, 0.5) is 0 Å². The van der Waals surface area contributed by atoms with Gasteiger partial charge in [-0.2, -0.15) is 0 Å². The molecule has 1 unspecified atom stereocenters. The van der Waals surface area contributed by atoms with Crippen LogP contribution in [-0.4, -0.2) is 29.7 Å². The summed E-state index contributed by atoms with van der Waals surface area (Å²) in [5, 5.41) is 9.38. The fraction of sp³-hybridized carbons (Fsp3) is 0.417. The maximum absolute atomic E-state index is 12.9. The van der Waals surface area contributed by atoms with Gasteiger partial charge in [-0.25, -0.2) is 0 Å². The Kier molecular flexibility index (Phi) is 6.70. The number of ether oxygens (including phenoxy) is 1. The molecule has 0 aromatic heterocycles. The smallest absolute Gasteiger partial charge is 0.321 e. The number of carbonyl (C=O) groups excluding carboxylic acids is 1. The zero-order valence-electron chi connectivity index (χ0n) is 17.0. The average molecular weight is 395 g/mol. The third-order valence-electron chi connectivity index (χ3n) is 5.93. The van der Waals surface area contributed by atoms with Gasteiger partial charge in [0.25, 0.3) is 0 Å². The minimum absolute atomic E-state index is 0.0565. The molecule has 0 heterocycles. The molecule has 0 amide bonds. The van der Waals surface area contributed by atoms with E-state index in [2.05, 4.69) is 31.2 Å². The molecule has 0 spiro atoms. The highest BCUT2D eigenvalue weighted by Gasteiger charge is 2.37. The molecule has 0 bridgehead atoms. The molecule has 3 atom stereocenters. The summed E-state index contributed by atoms with van der Waals surface area (Å²) in [6, 6.07) is 15.0. The second kappa shape index (κ2) is 9.23. The molecule has 0 saturated carbocycles. The van der Waals surface area contributed by atoms with Crippen LogP contribution < -0.4 is 5.73 Å². The normalized spacial score (nSPS) is 15.8. The summed E-state index contributed by atoms with van der Waals surface area (Å²) < 4.78 is 5.69. The van der Waals surface area contributed by atoms with Crippen molar-refractivity contribution in [1.29, 1.82) is 0 Å². The number of fused-ring (bicyclic) bond motifs is 3. The van der Waals surface area contributed by atoms with Crippen molar-refractivity contribution in [1.82, 2.24) is 0 Å². The van der Waals surface area contributed by atoms with Crippen molar-refractivity contribution in [2.75, 3.05) is 6.61 Å². The van der Waals surface area contributed by atoms with Crippen LogP contribution in [-0.2, 0) is 14.3 Å². The Morgan fingerprint density at radius 1 is 1.07 bits per heavy atom. The predicted molar refractivity (Wildman–Crippen MR) is 112 cm³/mol. The Labute approximate surface area is 171 Å². The maximum Gasteiger partial charge on any atom is 0.321 e. The van der Waals surface area contributed by atoms with Crippen molar-refractivity contribution < 1.29 is 19.4 Å². The number of esters is 1. The van der Waals surface area contributed by atoms with Gasteiger partial charge < -0.3 is 15.6 Å². The summed E-state index contributed by atoms with van der Waals surface area (Å²) in [5.74, 6) is -2.76. The van der Waals surface area contributed by atoms with E-state index in [1.54, 1.807) is 0 Å². The highest BCUT2D eigenvalue weighted by Crippen LogP contribution is 2.44. The Balaban J connectivity index is 1.78. The zero-order valence-corrected chi connectivity index (χ0v) is 17.0. The molecular weight excluding hydrogens is 366 g/mol. The third-order valence-corrected chi connectivity index (χ3v) is 5.93. The zero-order chi connectivity index (χ0) is 21.0. The van der Waals surface area contributed by atoms with Gasteiger partial charge in [0.15, 0.2) is 0 Å². The molecule has 3 rings (SSSR count). The highest BCUT2D eigenvalue weighted by atomic mass is 16.5. The SMILES string of the molecule is CCCC[C@H](C)[C@H](C(=O)OCC1c2ccccc2-c2ccccc21)C(N)C(=O)O. The molecule has 3 N–H and O–H groups in total. The van der Waals surface area contributed by atoms with Crippen molar-refractivity contribution in [3.8, 4) is 11.1 Å². The highest BCUT2D eigenvalue weighted by molar-refractivity contribution is 5.84. The summed E-state index contributed by atoms with van der Waals surface area (Å²) in [7, 11) is 0. The number of carbonyl (C=O) groups is 2. The Morgan fingerprint density at radius 2 is 1.62 bits per heavy atom. The fourth-order valence-electron chi connectivity index (χ4n) is 4.29. The van der Waals surface area contributed by atoms with Crippen LogP contribution in [0.3, 0.4) is 0 Å². The van der Waals surface area contributed by atoms with Crippen molar-refractivity contribution in [2.24, 2.45) is 17.6 Å². The molecule has 5 heteroatoms. The third kappa shape index (κ3) is 4.35. The standard InChI is InChI=1S/C24H29NO4/c1-3-4-9-15(2)21(22(25)23(26)27)24(28)29-14-20-18-12-7-5-10-16(18)17-11-6-8-13-19(17)20/h5-8,10-13,15,20-22H,3-4,9,14,25H2,1-2H3,(H,26,27)/t15-,21-,22?/m0/s1. The molecule has 5 nitrogen and oxygen atoms in total. The number of carboxylic acid groups (broad SMARTS) is 1. The van der Waals surface area contributed by atoms with Gasteiger partial charge in [-0.15, -0.1) is 0 Å². The molecule has 1 aliphatic rings. The van der Waals surface area contributed by atoms with E-state index in [-0.39, 0.29) is 18.4 Å². The lowest BCUT2D eigenvalue weighted by Gasteiger charge is -2.26. The van der Waals surface area contributed by atoms with Crippen LogP contribution >= 0.6 is 0 Å². The molecule has 0 aliphatic heterocycles. The number of aliphatic carboxylic acids is 1. The van der Waals surface area contributed by atoms with E-state index >= 15 is 0 Å². The van der Waals surface area contributed by atoms with Crippen LogP contribution in [0.1, 0.15) is 50.2 Å². The summed E-state index contributed by atoms with van der Waals surface area (Å²) in [4.78, 5) is 24.4. The van der Waals surface area contributed by atoms with Gasteiger partial charge in [-0.1, -0.05) is 75.2 Å². The lowest BCUT2D eigenvalue weighted by atomic mass is 9.84. The molecule has 0 saturated heterocycles. The first-order valence-electron chi connectivity index (χ1n) is 10.3. The largest absolute Gasteiger partial charge is 0.480 e. The van der Waals surface area contributed by atoms with E-state index in [9.17, 15) is 14.7 Å². The second-order valence-electron chi connectivity index (χ2n) is 7.87. The fourth-order valence-corrected chi connectivity index (χ4v) is 4.29. The number of benzene rings is 2. The van der Waals surface area contributed by atoms with Crippen molar-refractivity contribution >= 4 is 11.9 Å². The number of hydrogen-bond acceptors (Lipinski definition) is 4. The molecule has 154 valence electrons. The summed E-state index contributed by atoms with van der Waals surface area (Å²) >= 11 is 0. The van der Waals surface area contributed by atoms with Gasteiger partial charge in [-0.05, 0) is 34.6 Å². The minimum atomic E-state index is -1.27. The van der Waals surface area contributed by atoms with E-state index in [1.807, 2.05) is 31.2 Å².